The lowest BCUT2D eigenvalue weighted by Crippen LogP contribution is -2.82. The van der Waals surface area contributed by atoms with Gasteiger partial charge >= 0.3 is 23.9 Å². The van der Waals surface area contributed by atoms with Crippen molar-refractivity contribution in [1.29, 1.82) is 0 Å². The molecule has 1 aliphatic heterocycles. The number of benzene rings is 3. The molecule has 1 amide bonds. The molecule has 2 saturated carbocycles. The summed E-state index contributed by atoms with van der Waals surface area (Å²) >= 11 is 0. The lowest BCUT2D eigenvalue weighted by Gasteiger charge is -2.67. The van der Waals surface area contributed by atoms with E-state index in [2.05, 4.69) is 5.32 Å². The molecule has 1 unspecified atom stereocenters. The number of esters is 4. The number of amides is 1. The van der Waals surface area contributed by atoms with Gasteiger partial charge in [0.25, 0.3) is 5.91 Å². The van der Waals surface area contributed by atoms with Crippen molar-refractivity contribution in [2.45, 2.75) is 122 Å². The summed E-state index contributed by atoms with van der Waals surface area (Å²) in [6.07, 6.45) is -9.78. The molecule has 4 aliphatic rings. The molecule has 3 aromatic carbocycles. The number of carbonyl (C=O) groups excluding carboxylic acids is 6. The van der Waals surface area contributed by atoms with E-state index in [1.165, 1.54) is 26.0 Å². The van der Waals surface area contributed by atoms with Gasteiger partial charge in [-0.15, -0.1) is 0 Å². The van der Waals surface area contributed by atoms with Crippen molar-refractivity contribution in [1.82, 2.24) is 5.32 Å². The minimum Gasteiger partial charge on any atom is -0.456 e. The predicted molar refractivity (Wildman–Crippen MR) is 227 cm³/mol. The lowest BCUT2D eigenvalue weighted by molar-refractivity contribution is -0.346. The van der Waals surface area contributed by atoms with Crippen LogP contribution in [0.4, 0.5) is 0 Å². The van der Waals surface area contributed by atoms with Crippen molar-refractivity contribution in [3.8, 4) is 0 Å². The highest BCUT2D eigenvalue weighted by atomic mass is 16.6. The van der Waals surface area contributed by atoms with Crippen LogP contribution in [-0.4, -0.2) is 105 Å². The van der Waals surface area contributed by atoms with Crippen LogP contribution < -0.4 is 5.32 Å². The average molecular weight is 882 g/mol. The molecule has 340 valence electrons. The first-order valence-electron chi connectivity index (χ1n) is 21.4. The van der Waals surface area contributed by atoms with E-state index in [1.54, 1.807) is 86.6 Å². The summed E-state index contributed by atoms with van der Waals surface area (Å²) in [7, 11) is 0. The van der Waals surface area contributed by atoms with E-state index in [4.69, 9.17) is 23.7 Å². The van der Waals surface area contributed by atoms with Crippen LogP contribution in [-0.2, 0) is 49.3 Å². The van der Waals surface area contributed by atoms with Crippen LogP contribution in [0.1, 0.15) is 99.2 Å². The highest BCUT2D eigenvalue weighted by molar-refractivity contribution is 5.96. The van der Waals surface area contributed by atoms with Crippen LogP contribution in [0.3, 0.4) is 0 Å². The molecule has 3 aromatic rings. The van der Waals surface area contributed by atoms with Crippen LogP contribution in [0, 0.1) is 16.7 Å². The maximum atomic E-state index is 15.5. The molecule has 1 heterocycles. The molecular weight excluding hydrogens is 827 g/mol. The smallest absolute Gasteiger partial charge is 0.338 e. The van der Waals surface area contributed by atoms with Gasteiger partial charge in [-0.2, -0.15) is 0 Å². The number of fused-ring (bicyclic) bond motifs is 5. The van der Waals surface area contributed by atoms with Gasteiger partial charge in [-0.3, -0.25) is 19.2 Å². The molecule has 4 N–H and O–H groups in total. The number of rotatable bonds is 11. The van der Waals surface area contributed by atoms with Crippen LogP contribution in [0.25, 0.3) is 0 Å². The number of hydrogen-bond acceptors (Lipinski definition) is 14. The molecular formula is C49H55NO14. The third-order valence-electron chi connectivity index (χ3n) is 14.1. The number of aryl methyl sites for hydroxylation is 1. The van der Waals surface area contributed by atoms with E-state index in [-0.39, 0.29) is 35.3 Å². The van der Waals surface area contributed by atoms with Crippen molar-refractivity contribution in [3.05, 3.63) is 118 Å². The highest BCUT2D eigenvalue weighted by Gasteiger charge is 2.78. The number of Topliss-reactive ketones (excluding diaryl/α,β-unsaturated/α-hetero) is 1. The molecule has 11 atom stereocenters. The minimum absolute atomic E-state index is 0.00154. The minimum atomic E-state index is -2.39. The van der Waals surface area contributed by atoms with E-state index >= 15 is 4.79 Å². The zero-order chi connectivity index (χ0) is 46.5. The molecule has 15 nitrogen and oxygen atoms in total. The van der Waals surface area contributed by atoms with Gasteiger partial charge in [-0.1, -0.05) is 81.4 Å². The normalized spacial score (nSPS) is 31.2. The van der Waals surface area contributed by atoms with Crippen molar-refractivity contribution < 1.29 is 67.8 Å². The third kappa shape index (κ3) is 7.71. The Hall–Kier alpha value is -5.74. The topological polar surface area (TPSA) is 221 Å². The third-order valence-corrected chi connectivity index (χ3v) is 14.1. The predicted octanol–water partition coefficient (Wildman–Crippen LogP) is 4.30. The first kappa shape index (κ1) is 46.3. The summed E-state index contributed by atoms with van der Waals surface area (Å²) in [5.41, 5.74) is -6.00. The van der Waals surface area contributed by atoms with Gasteiger partial charge in [-0.05, 0) is 66.8 Å². The summed E-state index contributed by atoms with van der Waals surface area (Å²) in [6, 6.07) is 21.7. The zero-order valence-electron chi connectivity index (χ0n) is 36.9. The maximum Gasteiger partial charge on any atom is 0.338 e. The number of ether oxygens (including phenoxy) is 5. The van der Waals surface area contributed by atoms with E-state index in [0.29, 0.717) is 5.56 Å². The van der Waals surface area contributed by atoms with Crippen molar-refractivity contribution in [2.75, 3.05) is 6.61 Å². The Morgan fingerprint density at radius 3 is 2.05 bits per heavy atom. The SMILES string of the molecule is CCc1ccc(C(=O)N[C@@H](c2ccccc2)[C@@H](O)C(=O)O[C@H]2C[C@@]3(O)[C@@H](OC(=O)c4ccccc4)C4[C@](C)(C(=O)[C@H](OC(C)=O)C(=C2C)C3(C)C)[C@@H](O)C[C@H]2OC[C@@]42OC(C)=O)cc1. The van der Waals surface area contributed by atoms with Crippen molar-refractivity contribution in [3.63, 3.8) is 0 Å². The Morgan fingerprint density at radius 2 is 1.48 bits per heavy atom. The fraction of sp³-hybridized carbons (Fsp3) is 0.469. The first-order chi connectivity index (χ1) is 30.2. The average Bonchev–Trinajstić information content (AvgIpc) is 3.26. The van der Waals surface area contributed by atoms with Crippen LogP contribution in [0.2, 0.25) is 0 Å². The second kappa shape index (κ2) is 17.3. The van der Waals surface area contributed by atoms with Gasteiger partial charge in [0.1, 0.15) is 23.9 Å². The Labute approximate surface area is 371 Å². The number of aliphatic hydroxyl groups excluding tert-OH is 2. The van der Waals surface area contributed by atoms with Gasteiger partial charge in [0.05, 0.1) is 35.6 Å². The summed E-state index contributed by atoms with van der Waals surface area (Å²) in [4.78, 5) is 83.9. The van der Waals surface area contributed by atoms with Crippen LogP contribution in [0.5, 0.6) is 0 Å². The second-order valence-electron chi connectivity index (χ2n) is 18.0. The molecule has 3 aliphatic carbocycles. The standard InChI is InChI=1S/C49H55NO14/c1-8-29-19-21-31(22-20-29)43(56)50-37(30-15-11-9-12-16-30)38(54)45(58)62-33-24-49(59)42(63-44(57)32-17-13-10-14-18-32)40-47(7,34(53)23-35-48(40,25-60-35)64-28(4)52)41(55)39(61-27(3)51)36(26(33)2)46(49,5)6/h9-22,33-35,37-40,42,53-54,59H,8,23-25H2,1-7H3,(H,50,56)/t33-,34-,35+,37-,38+,39+,40?,42-,47+,48-,49+/m0/s1. The van der Waals surface area contributed by atoms with Gasteiger partial charge in [0, 0.05) is 37.7 Å². The second-order valence-corrected chi connectivity index (χ2v) is 18.0. The number of carbonyl (C=O) groups is 6. The Morgan fingerprint density at radius 1 is 0.859 bits per heavy atom. The molecule has 3 fully saturated rings. The van der Waals surface area contributed by atoms with E-state index in [0.717, 1.165) is 25.8 Å². The fourth-order valence-electron chi connectivity index (χ4n) is 10.5. The molecule has 2 bridgehead atoms. The summed E-state index contributed by atoms with van der Waals surface area (Å²) in [5.74, 6) is -6.83. The summed E-state index contributed by atoms with van der Waals surface area (Å²) in [5, 5.41) is 40.4. The van der Waals surface area contributed by atoms with E-state index in [1.807, 2.05) is 6.92 Å². The Bertz CT molecular complexity index is 2350. The summed E-state index contributed by atoms with van der Waals surface area (Å²) < 4.78 is 30.4. The first-order valence-corrected chi connectivity index (χ1v) is 21.4. The number of aliphatic hydroxyl groups is 3. The molecule has 15 heteroatoms. The van der Waals surface area contributed by atoms with Crippen molar-refractivity contribution >= 4 is 35.6 Å². The number of hydrogen-bond donors (Lipinski definition) is 4. The lowest BCUT2D eigenvalue weighted by atomic mass is 9.44. The monoisotopic (exact) mass is 881 g/mol. The molecule has 64 heavy (non-hydrogen) atoms. The molecule has 7 rings (SSSR count). The quantitative estimate of drug-likeness (QED) is 0.120. The number of ketones is 1. The summed E-state index contributed by atoms with van der Waals surface area (Å²) in [6.45, 7) is 9.97. The Balaban J connectivity index is 1.37. The van der Waals surface area contributed by atoms with Gasteiger partial charge in [0.2, 0.25) is 0 Å². The van der Waals surface area contributed by atoms with Crippen molar-refractivity contribution in [2.24, 2.45) is 16.7 Å². The molecule has 0 spiro atoms. The zero-order valence-corrected chi connectivity index (χ0v) is 36.9. The highest BCUT2D eigenvalue weighted by Crippen LogP contribution is 2.64. The van der Waals surface area contributed by atoms with Gasteiger partial charge in [-0.25, -0.2) is 9.59 Å². The van der Waals surface area contributed by atoms with E-state index in [9.17, 15) is 39.3 Å². The van der Waals surface area contributed by atoms with Crippen LogP contribution in [0.15, 0.2) is 96.1 Å². The maximum absolute atomic E-state index is 15.5. The molecule has 0 aromatic heterocycles. The fourth-order valence-corrected chi connectivity index (χ4v) is 10.5. The molecule has 1 saturated heterocycles. The van der Waals surface area contributed by atoms with E-state index < -0.39 is 113 Å². The van der Waals surface area contributed by atoms with Gasteiger partial charge in [0.15, 0.2) is 23.6 Å². The van der Waals surface area contributed by atoms with Gasteiger partial charge < -0.3 is 44.3 Å². The van der Waals surface area contributed by atoms with Crippen LogP contribution >= 0.6 is 0 Å². The Kier molecular flexibility index (Phi) is 12.5. The largest absolute Gasteiger partial charge is 0.456 e. The molecule has 0 radical (unpaired) electrons. The number of nitrogens with one attached hydrogen (secondary N) is 1.